The fourth-order valence-electron chi connectivity index (χ4n) is 1.82. The van der Waals surface area contributed by atoms with Gasteiger partial charge in [0.2, 0.25) is 0 Å². The van der Waals surface area contributed by atoms with E-state index in [0.717, 1.165) is 0 Å². The molecule has 63 valence electrons. The minimum Gasteiger partial charge on any atom is -0.0619 e. The van der Waals surface area contributed by atoms with E-state index in [1.807, 2.05) is 0 Å². The smallest absolute Gasteiger partial charge is 0.0213 e. The minimum absolute atomic E-state index is 1.25. The van der Waals surface area contributed by atoms with E-state index in [2.05, 4.69) is 40.2 Å². The Balaban J connectivity index is 2.26. The van der Waals surface area contributed by atoms with Crippen molar-refractivity contribution in [2.75, 3.05) is 0 Å². The molecular formula is C11H12Br. The molecule has 1 aromatic carbocycles. The van der Waals surface area contributed by atoms with Crippen LogP contribution >= 0.6 is 15.9 Å². The van der Waals surface area contributed by atoms with Crippen molar-refractivity contribution in [1.29, 1.82) is 0 Å². The predicted octanol–water partition coefficient (Wildman–Crippen LogP) is 3.95. The third-order valence-electron chi connectivity index (χ3n) is 2.46. The zero-order valence-corrected chi connectivity index (χ0v) is 8.60. The molecule has 0 heterocycles. The number of hydrogen-bond acceptors (Lipinski definition) is 0. The average molecular weight is 224 g/mol. The molecule has 1 saturated carbocycles. The fraction of sp³-hybridized carbons (Fsp3) is 0.364. The van der Waals surface area contributed by atoms with Gasteiger partial charge in [0.05, 0.1) is 0 Å². The molecule has 0 aliphatic heterocycles. The van der Waals surface area contributed by atoms with Gasteiger partial charge < -0.3 is 0 Å². The van der Waals surface area contributed by atoms with Gasteiger partial charge in [0.15, 0.2) is 0 Å². The summed E-state index contributed by atoms with van der Waals surface area (Å²) >= 11 is 3.59. The van der Waals surface area contributed by atoms with Crippen LogP contribution in [0, 0.1) is 5.92 Å². The lowest BCUT2D eigenvalue weighted by Crippen LogP contribution is -1.93. The Hall–Kier alpha value is -0.300. The van der Waals surface area contributed by atoms with E-state index in [0.29, 0.717) is 0 Å². The van der Waals surface area contributed by atoms with E-state index in [4.69, 9.17) is 0 Å². The van der Waals surface area contributed by atoms with Crippen molar-refractivity contribution in [1.82, 2.24) is 0 Å². The third kappa shape index (κ3) is 1.56. The fourth-order valence-corrected chi connectivity index (χ4v) is 2.38. The molecule has 0 unspecified atom stereocenters. The summed E-state index contributed by atoms with van der Waals surface area (Å²) in [7, 11) is 0. The van der Waals surface area contributed by atoms with Crippen LogP contribution in [0.3, 0.4) is 0 Å². The summed E-state index contributed by atoms with van der Waals surface area (Å²) in [5.41, 5.74) is 1.43. The van der Waals surface area contributed by atoms with Gasteiger partial charge in [-0.3, -0.25) is 0 Å². The van der Waals surface area contributed by atoms with Gasteiger partial charge in [-0.2, -0.15) is 0 Å². The van der Waals surface area contributed by atoms with Crippen LogP contribution in [0.1, 0.15) is 31.2 Å². The largest absolute Gasteiger partial charge is 0.0619 e. The Morgan fingerprint density at radius 3 is 2.33 bits per heavy atom. The third-order valence-corrected chi connectivity index (χ3v) is 3.15. The molecule has 0 spiro atoms. The second-order valence-electron chi connectivity index (χ2n) is 3.29. The molecule has 0 amide bonds. The molecule has 1 radical (unpaired) electrons. The van der Waals surface area contributed by atoms with Gasteiger partial charge in [0.1, 0.15) is 0 Å². The highest BCUT2D eigenvalue weighted by atomic mass is 79.9. The molecule has 1 heteroatoms. The highest BCUT2D eigenvalue weighted by Crippen LogP contribution is 2.36. The number of halogens is 1. The molecule has 1 aromatic rings. The Bertz CT molecular complexity index is 261. The first-order valence-corrected chi connectivity index (χ1v) is 5.27. The lowest BCUT2D eigenvalue weighted by molar-refractivity contribution is 0.886. The number of rotatable bonds is 1. The van der Waals surface area contributed by atoms with Gasteiger partial charge in [-0.25, -0.2) is 0 Å². The lowest BCUT2D eigenvalue weighted by atomic mass is 9.98. The van der Waals surface area contributed by atoms with Gasteiger partial charge in [-0.05, 0) is 24.5 Å². The first-order valence-electron chi connectivity index (χ1n) is 4.47. The highest BCUT2D eigenvalue weighted by Gasteiger charge is 2.18. The van der Waals surface area contributed by atoms with E-state index in [9.17, 15) is 0 Å². The molecule has 0 saturated heterocycles. The van der Waals surface area contributed by atoms with Gasteiger partial charge in [0.25, 0.3) is 0 Å². The predicted molar refractivity (Wildman–Crippen MR) is 55.0 cm³/mol. The zero-order chi connectivity index (χ0) is 8.39. The summed E-state index contributed by atoms with van der Waals surface area (Å²) in [6.45, 7) is 0. The second kappa shape index (κ2) is 3.61. The first-order chi connectivity index (χ1) is 5.88. The molecule has 0 N–H and O–H groups in total. The second-order valence-corrected chi connectivity index (χ2v) is 4.14. The van der Waals surface area contributed by atoms with Gasteiger partial charge in [-0.1, -0.05) is 47.0 Å². The topological polar surface area (TPSA) is 0 Å². The Morgan fingerprint density at radius 1 is 1.00 bits per heavy atom. The molecule has 1 fully saturated rings. The molecule has 0 atom stereocenters. The van der Waals surface area contributed by atoms with Crippen LogP contribution in [0.15, 0.2) is 28.7 Å². The number of hydrogen-bond donors (Lipinski definition) is 0. The van der Waals surface area contributed by atoms with Crippen molar-refractivity contribution in [3.63, 3.8) is 0 Å². The monoisotopic (exact) mass is 223 g/mol. The van der Waals surface area contributed by atoms with Crippen molar-refractivity contribution < 1.29 is 0 Å². The quantitative estimate of drug-likeness (QED) is 0.677. The van der Waals surface area contributed by atoms with Crippen molar-refractivity contribution in [2.24, 2.45) is 0 Å². The first kappa shape index (κ1) is 8.31. The molecule has 1 aliphatic rings. The maximum Gasteiger partial charge on any atom is 0.0213 e. The van der Waals surface area contributed by atoms with Crippen molar-refractivity contribution in [2.45, 2.75) is 25.7 Å². The molecule has 1 aliphatic carbocycles. The molecular weight excluding hydrogens is 212 g/mol. The van der Waals surface area contributed by atoms with E-state index < -0.39 is 0 Å². The van der Waals surface area contributed by atoms with Crippen molar-refractivity contribution >= 4 is 15.9 Å². The average Bonchev–Trinajstić information content (AvgIpc) is 2.57. The van der Waals surface area contributed by atoms with Crippen LogP contribution in [0.5, 0.6) is 0 Å². The van der Waals surface area contributed by atoms with Crippen molar-refractivity contribution in [3.8, 4) is 0 Å². The van der Waals surface area contributed by atoms with E-state index >= 15 is 0 Å². The summed E-state index contributed by atoms with van der Waals surface area (Å²) in [4.78, 5) is 0. The molecule has 12 heavy (non-hydrogen) atoms. The van der Waals surface area contributed by atoms with E-state index in [1.165, 1.54) is 35.7 Å². The van der Waals surface area contributed by atoms with Crippen LogP contribution in [-0.4, -0.2) is 0 Å². The van der Waals surface area contributed by atoms with Gasteiger partial charge in [0, 0.05) is 10.4 Å². The van der Waals surface area contributed by atoms with Crippen LogP contribution in [-0.2, 0) is 0 Å². The molecule has 0 nitrogen and oxygen atoms in total. The number of benzene rings is 1. The van der Waals surface area contributed by atoms with Crippen molar-refractivity contribution in [3.05, 3.63) is 40.2 Å². The SMILES string of the molecule is Brc1ccccc1[C]1CCCC1. The summed E-state index contributed by atoms with van der Waals surface area (Å²) in [6, 6.07) is 8.53. The van der Waals surface area contributed by atoms with Crippen LogP contribution < -0.4 is 0 Å². The standard InChI is InChI=1S/C11H12Br/c12-11-8-4-3-7-10(11)9-5-1-2-6-9/h3-4,7-8H,1-2,5-6H2. The summed E-state index contributed by atoms with van der Waals surface area (Å²) < 4.78 is 1.25. The molecule has 0 bridgehead atoms. The summed E-state index contributed by atoms with van der Waals surface area (Å²) in [6.07, 6.45) is 5.33. The van der Waals surface area contributed by atoms with Crippen LogP contribution in [0.25, 0.3) is 0 Å². The van der Waals surface area contributed by atoms with Crippen LogP contribution in [0.2, 0.25) is 0 Å². The summed E-state index contributed by atoms with van der Waals surface area (Å²) in [5.74, 6) is 1.63. The normalized spacial score (nSPS) is 18.4. The Morgan fingerprint density at radius 2 is 1.67 bits per heavy atom. The minimum atomic E-state index is 1.25. The van der Waals surface area contributed by atoms with E-state index in [-0.39, 0.29) is 0 Å². The maximum absolute atomic E-state index is 3.59. The lowest BCUT2D eigenvalue weighted by Gasteiger charge is -2.09. The maximum atomic E-state index is 3.59. The van der Waals surface area contributed by atoms with E-state index in [1.54, 1.807) is 5.92 Å². The van der Waals surface area contributed by atoms with Crippen LogP contribution in [0.4, 0.5) is 0 Å². The highest BCUT2D eigenvalue weighted by molar-refractivity contribution is 9.10. The molecule has 2 rings (SSSR count). The Labute approximate surface area is 82.1 Å². The van der Waals surface area contributed by atoms with Gasteiger partial charge in [-0.15, -0.1) is 0 Å². The van der Waals surface area contributed by atoms with Gasteiger partial charge >= 0.3 is 0 Å². The summed E-state index contributed by atoms with van der Waals surface area (Å²) in [5, 5.41) is 0. The zero-order valence-electron chi connectivity index (χ0n) is 7.02. The molecule has 0 aromatic heterocycles. The Kier molecular flexibility index (Phi) is 2.50.